The van der Waals surface area contributed by atoms with Crippen LogP contribution >= 0.6 is 23.2 Å². The van der Waals surface area contributed by atoms with E-state index in [0.29, 0.717) is 11.3 Å². The van der Waals surface area contributed by atoms with E-state index in [2.05, 4.69) is 0 Å². The lowest BCUT2D eigenvalue weighted by Crippen LogP contribution is -2.56. The maximum Gasteiger partial charge on any atom is 0.273 e. The van der Waals surface area contributed by atoms with Crippen molar-refractivity contribution in [3.63, 3.8) is 0 Å². The first-order valence-electron chi connectivity index (χ1n) is 14.2. The molecule has 4 aromatic carbocycles. The first-order chi connectivity index (χ1) is 21.2. The van der Waals surface area contributed by atoms with Crippen molar-refractivity contribution in [3.8, 4) is 5.75 Å². The third-order valence-electron chi connectivity index (χ3n) is 9.14. The number of hydrazine groups is 1. The number of hydrogen-bond acceptors (Lipinski definition) is 5. The molecule has 0 spiro atoms. The fraction of sp³-hybridized carbons (Fsp3) is 0.200. The summed E-state index contributed by atoms with van der Waals surface area (Å²) >= 11 is 12.4. The Kier molecular flexibility index (Phi) is 6.83. The molecule has 0 aromatic heterocycles. The zero-order valence-electron chi connectivity index (χ0n) is 23.7. The minimum Gasteiger partial charge on any atom is -0.497 e. The highest BCUT2D eigenvalue weighted by Gasteiger charge is 2.63. The fourth-order valence-electron chi connectivity index (χ4n) is 7.18. The van der Waals surface area contributed by atoms with E-state index < -0.39 is 41.4 Å². The van der Waals surface area contributed by atoms with Crippen LogP contribution in [0.3, 0.4) is 0 Å². The van der Waals surface area contributed by atoms with Crippen LogP contribution in [0.2, 0.25) is 10.0 Å². The molecule has 1 aliphatic heterocycles. The van der Waals surface area contributed by atoms with Gasteiger partial charge in [0.1, 0.15) is 11.8 Å². The highest BCUT2D eigenvalue weighted by atomic mass is 35.5. The molecule has 2 bridgehead atoms. The number of ether oxygens (including phenoxy) is 1. The van der Waals surface area contributed by atoms with Gasteiger partial charge < -0.3 is 4.74 Å². The molecule has 3 atom stereocenters. The van der Waals surface area contributed by atoms with E-state index in [1.165, 1.54) is 32.2 Å². The van der Waals surface area contributed by atoms with Gasteiger partial charge in [0.05, 0.1) is 29.0 Å². The van der Waals surface area contributed by atoms with Gasteiger partial charge in [-0.05, 0) is 71.6 Å². The van der Waals surface area contributed by atoms with Crippen molar-refractivity contribution in [2.45, 2.75) is 24.8 Å². The van der Waals surface area contributed by atoms with Gasteiger partial charge in [-0.25, -0.2) is 5.01 Å². The minimum absolute atomic E-state index is 0.0822. The summed E-state index contributed by atoms with van der Waals surface area (Å²) in [4.78, 5) is 57.3. The van der Waals surface area contributed by atoms with Crippen LogP contribution < -0.4 is 4.74 Å². The number of rotatable bonds is 6. The summed E-state index contributed by atoms with van der Waals surface area (Å²) in [5.41, 5.74) is 4.39. The molecule has 0 radical (unpaired) electrons. The molecule has 8 rings (SSSR count). The van der Waals surface area contributed by atoms with Crippen molar-refractivity contribution >= 4 is 46.7 Å². The first kappa shape index (κ1) is 28.3. The number of imide groups is 1. The Morgan fingerprint density at radius 3 is 1.66 bits per heavy atom. The number of hydrogen-bond donors (Lipinski definition) is 0. The average molecular weight is 626 g/mol. The lowest BCUT2D eigenvalue weighted by Gasteiger charge is -2.45. The molecule has 7 nitrogen and oxygen atoms in total. The molecule has 220 valence electrons. The number of nitrogens with zero attached hydrogens (tertiary/aromatic N) is 2. The summed E-state index contributed by atoms with van der Waals surface area (Å²) in [7, 11) is 1.52. The standard InChI is InChI=1S/C35H26Cl2N2O5/c1-18(32(40)19-11-14-21(44-2)15-12-19)38(33(41)20-13-16-26(36)27(37)17-20)39-34(42)30-28-22-7-3-4-8-23(22)29(31(30)35(39)43)25-10-6-5-9-24(25)28/h3-18,28-31H,1-2H3/t18-,28?,29?,30-,31-/m0/s1. The summed E-state index contributed by atoms with van der Waals surface area (Å²) in [5, 5.41) is 2.29. The number of ketones is 1. The van der Waals surface area contributed by atoms with E-state index in [1.54, 1.807) is 24.3 Å². The number of Topliss-reactive ketones (excluding diaryl/α,β-unsaturated/α-hetero) is 1. The number of halogens is 2. The first-order valence-corrected chi connectivity index (χ1v) is 15.0. The maximum atomic E-state index is 14.5. The quantitative estimate of drug-likeness (QED) is 0.180. The molecule has 1 saturated heterocycles. The summed E-state index contributed by atoms with van der Waals surface area (Å²) in [5.74, 6) is -3.84. The highest BCUT2D eigenvalue weighted by molar-refractivity contribution is 6.42. The van der Waals surface area contributed by atoms with Crippen LogP contribution in [0.4, 0.5) is 0 Å². The maximum absolute atomic E-state index is 14.5. The largest absolute Gasteiger partial charge is 0.497 e. The fourth-order valence-corrected chi connectivity index (χ4v) is 7.48. The Labute approximate surface area is 263 Å². The molecule has 0 unspecified atom stereocenters. The zero-order chi connectivity index (χ0) is 30.9. The number of amides is 3. The molecule has 3 aliphatic carbocycles. The van der Waals surface area contributed by atoms with Gasteiger partial charge in [0.2, 0.25) is 0 Å². The average Bonchev–Trinajstić information content (AvgIpc) is 3.31. The summed E-state index contributed by atoms with van der Waals surface area (Å²) in [6.07, 6.45) is 0. The molecular formula is C35H26Cl2N2O5. The number of carbonyl (C=O) groups excluding carboxylic acids is 4. The van der Waals surface area contributed by atoms with Gasteiger partial charge in [-0.2, -0.15) is 5.01 Å². The molecule has 0 N–H and O–H groups in total. The Hall–Kier alpha value is -4.46. The number of methoxy groups -OCH3 is 1. The van der Waals surface area contributed by atoms with E-state index >= 15 is 0 Å². The van der Waals surface area contributed by atoms with E-state index in [9.17, 15) is 19.2 Å². The van der Waals surface area contributed by atoms with Gasteiger partial charge in [0, 0.05) is 23.0 Å². The van der Waals surface area contributed by atoms with Crippen molar-refractivity contribution < 1.29 is 23.9 Å². The predicted octanol–water partition coefficient (Wildman–Crippen LogP) is 6.52. The van der Waals surface area contributed by atoms with Crippen molar-refractivity contribution in [2.24, 2.45) is 11.8 Å². The van der Waals surface area contributed by atoms with Crippen LogP contribution in [-0.2, 0) is 9.59 Å². The van der Waals surface area contributed by atoms with E-state index in [4.69, 9.17) is 27.9 Å². The topological polar surface area (TPSA) is 84.0 Å². The molecule has 4 aromatic rings. The van der Waals surface area contributed by atoms with Crippen molar-refractivity contribution in [1.82, 2.24) is 10.0 Å². The molecule has 44 heavy (non-hydrogen) atoms. The van der Waals surface area contributed by atoms with Crippen LogP contribution in [0, 0.1) is 11.8 Å². The van der Waals surface area contributed by atoms with E-state index in [0.717, 1.165) is 32.3 Å². The second-order valence-corrected chi connectivity index (χ2v) is 12.1. The van der Waals surface area contributed by atoms with Crippen molar-refractivity contribution in [3.05, 3.63) is 134 Å². The summed E-state index contributed by atoms with van der Waals surface area (Å²) < 4.78 is 5.22. The summed E-state index contributed by atoms with van der Waals surface area (Å²) in [6.45, 7) is 1.52. The van der Waals surface area contributed by atoms with Crippen LogP contribution in [0.5, 0.6) is 5.75 Å². The molecule has 1 heterocycles. The third kappa shape index (κ3) is 4.10. The van der Waals surface area contributed by atoms with Crippen LogP contribution in [-0.4, -0.2) is 46.7 Å². The second kappa shape index (κ2) is 10.6. The summed E-state index contributed by atoms with van der Waals surface area (Å²) in [6, 6.07) is 25.3. The Bertz CT molecular complexity index is 1760. The zero-order valence-corrected chi connectivity index (χ0v) is 25.3. The third-order valence-corrected chi connectivity index (χ3v) is 9.88. The van der Waals surface area contributed by atoms with Gasteiger partial charge in [-0.1, -0.05) is 71.7 Å². The smallest absolute Gasteiger partial charge is 0.273 e. The van der Waals surface area contributed by atoms with Gasteiger partial charge >= 0.3 is 0 Å². The molecule has 0 saturated carbocycles. The van der Waals surface area contributed by atoms with E-state index in [-0.39, 0.29) is 27.4 Å². The van der Waals surface area contributed by atoms with E-state index in [1.807, 2.05) is 48.5 Å². The lowest BCUT2D eigenvalue weighted by atomic mass is 9.55. The highest BCUT2D eigenvalue weighted by Crippen LogP contribution is 2.61. The molecular weight excluding hydrogens is 599 g/mol. The van der Waals surface area contributed by atoms with Crippen molar-refractivity contribution in [2.75, 3.05) is 7.11 Å². The number of benzene rings is 4. The Balaban J connectivity index is 1.35. The Morgan fingerprint density at radius 2 is 1.20 bits per heavy atom. The molecule has 3 amide bonds. The number of carbonyl (C=O) groups is 4. The van der Waals surface area contributed by atoms with Crippen LogP contribution in [0.15, 0.2) is 91.0 Å². The lowest BCUT2D eigenvalue weighted by molar-refractivity contribution is -0.156. The molecule has 9 heteroatoms. The monoisotopic (exact) mass is 624 g/mol. The second-order valence-electron chi connectivity index (χ2n) is 11.3. The Morgan fingerprint density at radius 1 is 0.727 bits per heavy atom. The minimum atomic E-state index is -1.22. The van der Waals surface area contributed by atoms with Crippen LogP contribution in [0.25, 0.3) is 0 Å². The SMILES string of the molecule is COc1ccc(C(=O)[C@H](C)N(C(=O)c2ccc(Cl)c(Cl)c2)N2C(=O)[C@H]3C4c5ccccc5C(c5ccccc54)[C@@H]3C2=O)cc1. The normalized spacial score (nSPS) is 21.8. The van der Waals surface area contributed by atoms with Gasteiger partial charge in [-0.15, -0.1) is 0 Å². The molecule has 1 fully saturated rings. The van der Waals surface area contributed by atoms with Gasteiger partial charge in [-0.3, -0.25) is 19.2 Å². The van der Waals surface area contributed by atoms with Crippen molar-refractivity contribution in [1.29, 1.82) is 0 Å². The predicted molar refractivity (Wildman–Crippen MR) is 165 cm³/mol. The van der Waals surface area contributed by atoms with Gasteiger partial charge in [0.25, 0.3) is 17.7 Å². The van der Waals surface area contributed by atoms with Crippen LogP contribution in [0.1, 0.15) is 61.7 Å². The van der Waals surface area contributed by atoms with Gasteiger partial charge in [0.15, 0.2) is 5.78 Å². The molecule has 4 aliphatic rings.